The third kappa shape index (κ3) is 3.92. The molecule has 0 unspecified atom stereocenters. The van der Waals surface area contributed by atoms with Crippen molar-refractivity contribution < 1.29 is 17.8 Å². The highest BCUT2D eigenvalue weighted by atomic mass is 32.2. The van der Waals surface area contributed by atoms with Crippen LogP contribution in [-0.2, 0) is 21.6 Å². The van der Waals surface area contributed by atoms with Gasteiger partial charge in [0, 0.05) is 12.4 Å². The minimum atomic E-state index is -4.40. The largest absolute Gasteiger partial charge is 0.291 e. The summed E-state index contributed by atoms with van der Waals surface area (Å²) in [4.78, 5) is 13.6. The number of nitrogens with zero attached hydrogens (tertiary/aromatic N) is 3. The summed E-state index contributed by atoms with van der Waals surface area (Å²) in [5.41, 5.74) is 2.28. The summed E-state index contributed by atoms with van der Waals surface area (Å²) in [6, 6.07) is 7.22. The normalized spacial score (nSPS) is 11.4. The Morgan fingerprint density at radius 1 is 1.27 bits per heavy atom. The molecule has 0 fully saturated rings. The summed E-state index contributed by atoms with van der Waals surface area (Å²) in [5.74, 6) is -1.68. The third-order valence-electron chi connectivity index (χ3n) is 3.16. The molecule has 1 heterocycles. The maximum atomic E-state index is 12.3. The lowest BCUT2D eigenvalue weighted by atomic mass is 10.1. The van der Waals surface area contributed by atoms with E-state index in [1.807, 2.05) is 32.0 Å². The van der Waals surface area contributed by atoms with Crippen LogP contribution in [0.2, 0.25) is 0 Å². The third-order valence-corrected chi connectivity index (χ3v) is 3.77. The first-order chi connectivity index (χ1) is 10.3. The number of hydrogen-bond acceptors (Lipinski definition) is 4. The number of anilines is 1. The fourth-order valence-electron chi connectivity index (χ4n) is 2.27. The van der Waals surface area contributed by atoms with Gasteiger partial charge in [-0.05, 0) is 31.0 Å². The van der Waals surface area contributed by atoms with Crippen LogP contribution in [-0.4, -0.2) is 34.4 Å². The summed E-state index contributed by atoms with van der Waals surface area (Å²) in [6.07, 6.45) is 3.23. The molecule has 8 heteroatoms. The molecule has 0 aliphatic heterocycles. The van der Waals surface area contributed by atoms with Crippen molar-refractivity contribution in [2.75, 3.05) is 10.7 Å². The number of aromatic nitrogens is 2. The lowest BCUT2D eigenvalue weighted by molar-refractivity contribution is -0.116. The molecule has 2 rings (SSSR count). The monoisotopic (exact) mass is 323 g/mol. The lowest BCUT2D eigenvalue weighted by Gasteiger charge is -2.25. The number of hydrogen-bond donors (Lipinski definition) is 1. The van der Waals surface area contributed by atoms with E-state index in [1.165, 1.54) is 9.58 Å². The van der Waals surface area contributed by atoms with Gasteiger partial charge in [-0.15, -0.1) is 0 Å². The van der Waals surface area contributed by atoms with Crippen LogP contribution in [0.4, 0.5) is 5.69 Å². The molecule has 0 aliphatic carbocycles. The van der Waals surface area contributed by atoms with Crippen LogP contribution in [0.3, 0.4) is 0 Å². The maximum absolute atomic E-state index is 12.3. The number of rotatable bonds is 5. The maximum Gasteiger partial charge on any atom is 0.274 e. The van der Waals surface area contributed by atoms with E-state index in [0.29, 0.717) is 5.69 Å². The van der Waals surface area contributed by atoms with Crippen molar-refractivity contribution in [2.24, 2.45) is 0 Å². The second-order valence-electron chi connectivity index (χ2n) is 4.98. The number of para-hydroxylation sites is 1. The van der Waals surface area contributed by atoms with Crippen molar-refractivity contribution in [3.63, 3.8) is 0 Å². The van der Waals surface area contributed by atoms with E-state index in [9.17, 15) is 13.2 Å². The van der Waals surface area contributed by atoms with Crippen LogP contribution in [0.15, 0.2) is 36.7 Å². The highest BCUT2D eigenvalue weighted by molar-refractivity contribution is 7.86. The van der Waals surface area contributed by atoms with E-state index in [1.54, 1.807) is 18.5 Å². The number of amides is 1. The molecule has 1 amide bonds. The van der Waals surface area contributed by atoms with Crippen molar-refractivity contribution in [3.05, 3.63) is 47.8 Å². The molecule has 22 heavy (non-hydrogen) atoms. The molecule has 118 valence electrons. The second-order valence-corrected chi connectivity index (χ2v) is 6.43. The van der Waals surface area contributed by atoms with Gasteiger partial charge >= 0.3 is 0 Å². The Kier molecular flexibility index (Phi) is 4.62. The molecule has 1 aromatic heterocycles. The molecule has 0 radical (unpaired) electrons. The predicted molar refractivity (Wildman–Crippen MR) is 82.0 cm³/mol. The molecule has 0 spiro atoms. The minimum Gasteiger partial charge on any atom is -0.291 e. The van der Waals surface area contributed by atoms with Crippen molar-refractivity contribution in [2.45, 2.75) is 20.5 Å². The molecule has 0 saturated heterocycles. The van der Waals surface area contributed by atoms with Crippen LogP contribution in [0.5, 0.6) is 0 Å². The minimum absolute atomic E-state index is 0.0625. The van der Waals surface area contributed by atoms with Crippen LogP contribution in [0.25, 0.3) is 0 Å². The SMILES string of the molecule is Cc1cccc(C)c1N(Cn1cccn1)C(=O)CS(=O)(=O)O. The van der Waals surface area contributed by atoms with Gasteiger partial charge in [0.05, 0.1) is 5.69 Å². The number of benzene rings is 1. The van der Waals surface area contributed by atoms with Gasteiger partial charge in [0.15, 0.2) is 5.75 Å². The van der Waals surface area contributed by atoms with E-state index in [0.717, 1.165) is 11.1 Å². The molecule has 0 saturated carbocycles. The van der Waals surface area contributed by atoms with Gasteiger partial charge in [-0.2, -0.15) is 13.5 Å². The fourth-order valence-corrected chi connectivity index (χ4v) is 2.74. The molecular formula is C14H17N3O4S. The summed E-state index contributed by atoms with van der Waals surface area (Å²) < 4.78 is 32.5. The Morgan fingerprint density at radius 2 is 1.91 bits per heavy atom. The quantitative estimate of drug-likeness (QED) is 0.839. The first-order valence-electron chi connectivity index (χ1n) is 6.57. The zero-order chi connectivity index (χ0) is 16.3. The lowest BCUT2D eigenvalue weighted by Crippen LogP contribution is -2.38. The van der Waals surface area contributed by atoms with Crippen LogP contribution in [0.1, 0.15) is 11.1 Å². The number of aryl methyl sites for hydroxylation is 2. The Morgan fingerprint density at radius 3 is 2.41 bits per heavy atom. The van der Waals surface area contributed by atoms with Crippen molar-refractivity contribution in [1.82, 2.24) is 9.78 Å². The van der Waals surface area contributed by atoms with Gasteiger partial charge in [-0.3, -0.25) is 18.9 Å². The van der Waals surface area contributed by atoms with Crippen molar-refractivity contribution in [3.8, 4) is 0 Å². The predicted octanol–water partition coefficient (Wildman–Crippen LogP) is 1.38. The molecule has 1 aromatic carbocycles. The number of carbonyl (C=O) groups excluding carboxylic acids is 1. The molecule has 0 bridgehead atoms. The van der Waals surface area contributed by atoms with Crippen molar-refractivity contribution >= 4 is 21.7 Å². The summed E-state index contributed by atoms with van der Waals surface area (Å²) >= 11 is 0. The van der Waals surface area contributed by atoms with E-state index >= 15 is 0 Å². The topological polar surface area (TPSA) is 92.5 Å². The van der Waals surface area contributed by atoms with E-state index in [4.69, 9.17) is 4.55 Å². The van der Waals surface area contributed by atoms with Crippen LogP contribution in [0, 0.1) is 13.8 Å². The summed E-state index contributed by atoms with van der Waals surface area (Å²) in [6.45, 7) is 3.73. The van der Waals surface area contributed by atoms with Gasteiger partial charge in [0.25, 0.3) is 10.1 Å². The van der Waals surface area contributed by atoms with E-state index < -0.39 is 21.8 Å². The van der Waals surface area contributed by atoms with E-state index in [2.05, 4.69) is 5.10 Å². The smallest absolute Gasteiger partial charge is 0.274 e. The highest BCUT2D eigenvalue weighted by Crippen LogP contribution is 2.25. The summed E-state index contributed by atoms with van der Waals surface area (Å²) in [7, 11) is -4.40. The molecule has 7 nitrogen and oxygen atoms in total. The molecule has 0 aliphatic rings. The standard InChI is InChI=1S/C14H17N3O4S/c1-11-5-3-6-12(2)14(11)17(10-16-8-4-7-15-16)13(18)9-22(19,20)21/h3-8H,9-10H2,1-2H3,(H,19,20,21). The Bertz CT molecular complexity index is 749. The van der Waals surface area contributed by atoms with Gasteiger partial charge < -0.3 is 0 Å². The Hall–Kier alpha value is -2.19. The average molecular weight is 323 g/mol. The van der Waals surface area contributed by atoms with Crippen LogP contribution < -0.4 is 4.90 Å². The van der Waals surface area contributed by atoms with Gasteiger partial charge in [0.1, 0.15) is 6.67 Å². The fraction of sp³-hybridized carbons (Fsp3) is 0.286. The number of carbonyl (C=O) groups is 1. The zero-order valence-corrected chi connectivity index (χ0v) is 13.1. The van der Waals surface area contributed by atoms with Gasteiger partial charge in [0.2, 0.25) is 5.91 Å². The second kappa shape index (κ2) is 6.29. The van der Waals surface area contributed by atoms with Gasteiger partial charge in [-0.1, -0.05) is 18.2 Å². The molecular weight excluding hydrogens is 306 g/mol. The molecule has 0 atom stereocenters. The average Bonchev–Trinajstić information content (AvgIpc) is 2.88. The van der Waals surface area contributed by atoms with Crippen LogP contribution >= 0.6 is 0 Å². The summed E-state index contributed by atoms with van der Waals surface area (Å²) in [5, 5.41) is 4.03. The Labute approximate surface area is 128 Å². The van der Waals surface area contributed by atoms with Crippen molar-refractivity contribution in [1.29, 1.82) is 0 Å². The molecule has 1 N–H and O–H groups in total. The first-order valence-corrected chi connectivity index (χ1v) is 8.18. The Balaban J connectivity index is 2.43. The van der Waals surface area contributed by atoms with Gasteiger partial charge in [-0.25, -0.2) is 0 Å². The van der Waals surface area contributed by atoms with E-state index in [-0.39, 0.29) is 6.67 Å². The zero-order valence-electron chi connectivity index (χ0n) is 12.3. The highest BCUT2D eigenvalue weighted by Gasteiger charge is 2.24. The first kappa shape index (κ1) is 16.2. The molecule has 2 aromatic rings.